The van der Waals surface area contributed by atoms with Crippen LogP contribution in [0.2, 0.25) is 0 Å². The summed E-state index contributed by atoms with van der Waals surface area (Å²) in [4.78, 5) is 25.9. The standard InChI is InChI=1S/C15H20N2O3/c1-4-15(2)14(19)16-9-13(18)17(15)10-11-7-5-6-8-12(11)20-3/h5-8H,4,9-10H2,1-3H3,(H,16,19). The van der Waals surface area contributed by atoms with Gasteiger partial charge in [0.25, 0.3) is 0 Å². The van der Waals surface area contributed by atoms with E-state index in [0.717, 1.165) is 11.3 Å². The second-order valence-corrected chi connectivity index (χ2v) is 5.10. The van der Waals surface area contributed by atoms with Gasteiger partial charge in [-0.25, -0.2) is 0 Å². The van der Waals surface area contributed by atoms with Crippen molar-refractivity contribution in [1.82, 2.24) is 10.2 Å². The van der Waals surface area contributed by atoms with E-state index in [4.69, 9.17) is 4.74 Å². The first-order chi connectivity index (χ1) is 9.52. The van der Waals surface area contributed by atoms with Crippen LogP contribution in [0.25, 0.3) is 0 Å². The Kier molecular flexibility index (Phi) is 3.97. The van der Waals surface area contributed by atoms with Crippen LogP contribution < -0.4 is 10.1 Å². The SMILES string of the molecule is CCC1(C)C(=O)NCC(=O)N1Cc1ccccc1OC. The average molecular weight is 276 g/mol. The molecule has 1 atom stereocenters. The van der Waals surface area contributed by atoms with Crippen LogP contribution in [0.1, 0.15) is 25.8 Å². The number of ether oxygens (including phenoxy) is 1. The van der Waals surface area contributed by atoms with E-state index >= 15 is 0 Å². The van der Waals surface area contributed by atoms with E-state index in [1.54, 1.807) is 18.9 Å². The summed E-state index contributed by atoms with van der Waals surface area (Å²) in [6.45, 7) is 4.15. The smallest absolute Gasteiger partial charge is 0.246 e. The molecule has 0 aromatic heterocycles. The molecule has 108 valence electrons. The maximum atomic E-state index is 12.2. The van der Waals surface area contributed by atoms with Crippen molar-refractivity contribution >= 4 is 11.8 Å². The van der Waals surface area contributed by atoms with Crippen molar-refractivity contribution in [3.8, 4) is 5.75 Å². The summed E-state index contributed by atoms with van der Waals surface area (Å²) in [6.07, 6.45) is 0.569. The molecule has 1 aromatic rings. The van der Waals surface area contributed by atoms with E-state index in [9.17, 15) is 9.59 Å². The van der Waals surface area contributed by atoms with Gasteiger partial charge in [0, 0.05) is 5.56 Å². The van der Waals surface area contributed by atoms with Crippen LogP contribution >= 0.6 is 0 Å². The van der Waals surface area contributed by atoms with Gasteiger partial charge in [-0.2, -0.15) is 0 Å². The van der Waals surface area contributed by atoms with Gasteiger partial charge in [0.05, 0.1) is 20.2 Å². The lowest BCUT2D eigenvalue weighted by atomic mass is 9.92. The van der Waals surface area contributed by atoms with Crippen molar-refractivity contribution in [1.29, 1.82) is 0 Å². The molecule has 1 saturated heterocycles. The summed E-state index contributed by atoms with van der Waals surface area (Å²) in [6, 6.07) is 7.55. The van der Waals surface area contributed by atoms with Gasteiger partial charge in [-0.1, -0.05) is 25.1 Å². The van der Waals surface area contributed by atoms with Crippen molar-refractivity contribution in [2.45, 2.75) is 32.4 Å². The number of piperazine rings is 1. The fourth-order valence-corrected chi connectivity index (χ4v) is 2.46. The van der Waals surface area contributed by atoms with Crippen molar-refractivity contribution < 1.29 is 14.3 Å². The second kappa shape index (κ2) is 5.53. The summed E-state index contributed by atoms with van der Waals surface area (Å²) in [5, 5.41) is 2.66. The first kappa shape index (κ1) is 14.4. The van der Waals surface area contributed by atoms with E-state index in [1.807, 2.05) is 31.2 Å². The molecule has 5 nitrogen and oxygen atoms in total. The highest BCUT2D eigenvalue weighted by molar-refractivity contribution is 5.97. The Balaban J connectivity index is 2.33. The van der Waals surface area contributed by atoms with E-state index < -0.39 is 5.54 Å². The summed E-state index contributed by atoms with van der Waals surface area (Å²) in [5.74, 6) is 0.555. The largest absolute Gasteiger partial charge is 0.496 e. The summed E-state index contributed by atoms with van der Waals surface area (Å²) in [5.41, 5.74) is 0.0913. The van der Waals surface area contributed by atoms with Crippen LogP contribution in [-0.4, -0.2) is 35.9 Å². The molecule has 1 aliphatic rings. The topological polar surface area (TPSA) is 58.6 Å². The molecule has 1 unspecified atom stereocenters. The van der Waals surface area contributed by atoms with Crippen LogP contribution in [0.3, 0.4) is 0 Å². The monoisotopic (exact) mass is 276 g/mol. The van der Waals surface area contributed by atoms with Crippen molar-refractivity contribution in [2.75, 3.05) is 13.7 Å². The van der Waals surface area contributed by atoms with E-state index in [0.29, 0.717) is 13.0 Å². The molecule has 5 heteroatoms. The number of rotatable bonds is 4. The third kappa shape index (κ3) is 2.35. The summed E-state index contributed by atoms with van der Waals surface area (Å²) >= 11 is 0. The maximum Gasteiger partial charge on any atom is 0.246 e. The number of nitrogens with one attached hydrogen (secondary N) is 1. The normalized spacial score (nSPS) is 22.6. The Morgan fingerprint density at radius 1 is 1.35 bits per heavy atom. The molecule has 0 bridgehead atoms. The fraction of sp³-hybridized carbons (Fsp3) is 0.467. The van der Waals surface area contributed by atoms with Gasteiger partial charge in [-0.15, -0.1) is 0 Å². The van der Waals surface area contributed by atoms with Gasteiger partial charge >= 0.3 is 0 Å². The summed E-state index contributed by atoms with van der Waals surface area (Å²) < 4.78 is 5.31. The van der Waals surface area contributed by atoms with Crippen LogP contribution in [0.15, 0.2) is 24.3 Å². The second-order valence-electron chi connectivity index (χ2n) is 5.10. The van der Waals surface area contributed by atoms with Gasteiger partial charge in [0.1, 0.15) is 11.3 Å². The lowest BCUT2D eigenvalue weighted by Crippen LogP contribution is -2.65. The number of carbonyl (C=O) groups excluding carboxylic acids is 2. The van der Waals surface area contributed by atoms with Crippen molar-refractivity contribution in [3.05, 3.63) is 29.8 Å². The molecular weight excluding hydrogens is 256 g/mol. The molecule has 1 N–H and O–H groups in total. The zero-order chi connectivity index (χ0) is 14.8. The Hall–Kier alpha value is -2.04. The summed E-state index contributed by atoms with van der Waals surface area (Å²) in [7, 11) is 1.60. The molecule has 1 aromatic carbocycles. The zero-order valence-corrected chi connectivity index (χ0v) is 12.1. The maximum absolute atomic E-state index is 12.2. The number of benzene rings is 1. The first-order valence-electron chi connectivity index (χ1n) is 6.73. The van der Waals surface area contributed by atoms with Crippen LogP contribution in [0.5, 0.6) is 5.75 Å². The third-order valence-corrected chi connectivity index (χ3v) is 4.00. The minimum atomic E-state index is -0.809. The van der Waals surface area contributed by atoms with Crippen molar-refractivity contribution in [3.63, 3.8) is 0 Å². The number of methoxy groups -OCH3 is 1. The Morgan fingerprint density at radius 2 is 2.05 bits per heavy atom. The highest BCUT2D eigenvalue weighted by atomic mass is 16.5. The number of para-hydroxylation sites is 1. The predicted octanol–water partition coefficient (Wildman–Crippen LogP) is 1.32. The Bertz CT molecular complexity index is 530. The molecule has 1 fully saturated rings. The molecule has 1 aliphatic heterocycles. The van der Waals surface area contributed by atoms with Gasteiger partial charge in [0.2, 0.25) is 11.8 Å². The highest BCUT2D eigenvalue weighted by Gasteiger charge is 2.44. The quantitative estimate of drug-likeness (QED) is 0.902. The molecule has 2 rings (SSSR count). The van der Waals surface area contributed by atoms with Gasteiger partial charge in [-0.3, -0.25) is 9.59 Å². The van der Waals surface area contributed by atoms with Crippen LogP contribution in [0, 0.1) is 0 Å². The van der Waals surface area contributed by atoms with Crippen molar-refractivity contribution in [2.24, 2.45) is 0 Å². The molecule has 0 aliphatic carbocycles. The van der Waals surface area contributed by atoms with E-state index in [2.05, 4.69) is 5.32 Å². The van der Waals surface area contributed by atoms with Gasteiger partial charge in [0.15, 0.2) is 0 Å². The van der Waals surface area contributed by atoms with Gasteiger partial charge in [-0.05, 0) is 19.4 Å². The molecule has 0 saturated carbocycles. The average Bonchev–Trinajstić information content (AvgIpc) is 2.48. The number of nitrogens with zero attached hydrogens (tertiary/aromatic N) is 1. The minimum Gasteiger partial charge on any atom is -0.496 e. The number of amides is 2. The van der Waals surface area contributed by atoms with Crippen LogP contribution in [0.4, 0.5) is 0 Å². The molecular formula is C15H20N2O3. The van der Waals surface area contributed by atoms with E-state index in [1.165, 1.54) is 0 Å². The predicted molar refractivity (Wildman–Crippen MR) is 75.2 cm³/mol. The molecule has 0 radical (unpaired) electrons. The van der Waals surface area contributed by atoms with Crippen LogP contribution in [-0.2, 0) is 16.1 Å². The number of carbonyl (C=O) groups is 2. The van der Waals surface area contributed by atoms with Gasteiger partial charge < -0.3 is 15.0 Å². The molecule has 20 heavy (non-hydrogen) atoms. The first-order valence-corrected chi connectivity index (χ1v) is 6.73. The molecule has 0 spiro atoms. The molecule has 1 heterocycles. The number of hydrogen-bond acceptors (Lipinski definition) is 3. The minimum absolute atomic E-state index is 0.0591. The third-order valence-electron chi connectivity index (χ3n) is 4.00. The van der Waals surface area contributed by atoms with E-state index in [-0.39, 0.29) is 18.4 Å². The fourth-order valence-electron chi connectivity index (χ4n) is 2.46. The molecule has 2 amide bonds. The Labute approximate surface area is 118 Å². The lowest BCUT2D eigenvalue weighted by molar-refractivity contribution is -0.153. The number of hydrogen-bond donors (Lipinski definition) is 1. The Morgan fingerprint density at radius 3 is 2.70 bits per heavy atom. The highest BCUT2D eigenvalue weighted by Crippen LogP contribution is 2.28. The lowest BCUT2D eigenvalue weighted by Gasteiger charge is -2.43. The zero-order valence-electron chi connectivity index (χ0n) is 12.1.